The fraction of sp³-hybridized carbons (Fsp3) is 0.784. The molecular weight excluding hydrogens is 554 g/mol. The fourth-order valence-corrected chi connectivity index (χ4v) is 10.7. The zero-order valence-corrected chi connectivity index (χ0v) is 28.1. The molecule has 0 N–H and O–H groups in total. The molecule has 4 saturated carbocycles. The van der Waals surface area contributed by atoms with Gasteiger partial charge >= 0.3 is 11.9 Å². The van der Waals surface area contributed by atoms with Crippen LogP contribution in [0, 0.1) is 62.4 Å². The van der Waals surface area contributed by atoms with Crippen molar-refractivity contribution < 1.29 is 24.0 Å². The van der Waals surface area contributed by atoms with Gasteiger partial charge in [-0.1, -0.05) is 27.7 Å². The lowest BCUT2D eigenvalue weighted by Gasteiger charge is -2.58. The first kappa shape index (κ1) is 32.9. The van der Waals surface area contributed by atoms with Crippen LogP contribution in [0.2, 0.25) is 0 Å². The van der Waals surface area contributed by atoms with Gasteiger partial charge in [0, 0.05) is 18.6 Å². The number of non-ortho nitro benzene ring substituents is 1. The van der Waals surface area contributed by atoms with Crippen LogP contribution >= 0.6 is 0 Å². The van der Waals surface area contributed by atoms with Crippen LogP contribution in [0.15, 0.2) is 24.3 Å². The third kappa shape index (κ3) is 6.31. The molecule has 1 aromatic rings. The van der Waals surface area contributed by atoms with Gasteiger partial charge in [0.25, 0.3) is 5.69 Å². The molecule has 7 heteroatoms. The molecule has 4 aliphatic carbocycles. The van der Waals surface area contributed by atoms with Gasteiger partial charge in [-0.15, -0.1) is 0 Å². The molecule has 0 spiro atoms. The van der Waals surface area contributed by atoms with Gasteiger partial charge in [-0.25, -0.2) is 4.79 Å². The Morgan fingerprint density at radius 2 is 1.66 bits per heavy atom. The summed E-state index contributed by atoms with van der Waals surface area (Å²) in [6.45, 7) is 15.9. The van der Waals surface area contributed by atoms with E-state index in [-0.39, 0.29) is 23.7 Å². The number of carbonyl (C=O) groups is 2. The lowest BCUT2D eigenvalue weighted by Crippen LogP contribution is -2.51. The SMILES string of the molecule is CC1C2CCC(OC(=O)c3ccc([N+](=O)[O-])cc3)CC2CCC2C1CCC1(C)C([C@H](C)CCC(=O)OC(C)(C)C)CCC21C. The van der Waals surface area contributed by atoms with Crippen molar-refractivity contribution in [2.75, 3.05) is 0 Å². The van der Waals surface area contributed by atoms with Gasteiger partial charge in [0.2, 0.25) is 0 Å². The number of hydrogen-bond donors (Lipinski definition) is 0. The Kier molecular flexibility index (Phi) is 9.28. The van der Waals surface area contributed by atoms with Crippen molar-refractivity contribution in [3.05, 3.63) is 39.9 Å². The largest absolute Gasteiger partial charge is 0.460 e. The summed E-state index contributed by atoms with van der Waals surface area (Å²) in [6, 6.07) is 5.72. The minimum atomic E-state index is -0.455. The number of esters is 2. The van der Waals surface area contributed by atoms with Gasteiger partial charge in [0.05, 0.1) is 10.5 Å². The van der Waals surface area contributed by atoms with Crippen molar-refractivity contribution in [1.29, 1.82) is 0 Å². The summed E-state index contributed by atoms with van der Waals surface area (Å²) < 4.78 is 11.6. The van der Waals surface area contributed by atoms with Crippen molar-refractivity contribution >= 4 is 17.6 Å². The molecule has 5 rings (SSSR count). The number of hydrogen-bond acceptors (Lipinski definition) is 6. The highest BCUT2D eigenvalue weighted by Gasteiger charge is 2.63. The number of benzene rings is 1. The van der Waals surface area contributed by atoms with Gasteiger partial charge in [-0.2, -0.15) is 0 Å². The normalized spacial score (nSPS) is 37.5. The molecule has 1 aromatic carbocycles. The van der Waals surface area contributed by atoms with Crippen molar-refractivity contribution in [2.45, 2.75) is 131 Å². The number of fused-ring (bicyclic) bond motifs is 4. The van der Waals surface area contributed by atoms with Crippen molar-refractivity contribution in [3.63, 3.8) is 0 Å². The summed E-state index contributed by atoms with van der Waals surface area (Å²) in [7, 11) is 0. The summed E-state index contributed by atoms with van der Waals surface area (Å²) in [5, 5.41) is 11.0. The minimum Gasteiger partial charge on any atom is -0.460 e. The number of rotatable bonds is 7. The second-order valence-corrected chi connectivity index (χ2v) is 16.4. The maximum atomic E-state index is 12.9. The van der Waals surface area contributed by atoms with Crippen molar-refractivity contribution in [3.8, 4) is 0 Å². The molecule has 10 atom stereocenters. The molecule has 0 aromatic heterocycles. The van der Waals surface area contributed by atoms with Gasteiger partial charge in [0.15, 0.2) is 0 Å². The van der Waals surface area contributed by atoms with Crippen LogP contribution < -0.4 is 0 Å². The van der Waals surface area contributed by atoms with E-state index in [1.165, 1.54) is 62.8 Å². The van der Waals surface area contributed by atoms with E-state index >= 15 is 0 Å². The Balaban J connectivity index is 1.23. The average molecular weight is 610 g/mol. The maximum Gasteiger partial charge on any atom is 0.338 e. The molecule has 0 saturated heterocycles. The van der Waals surface area contributed by atoms with Gasteiger partial charge in [-0.3, -0.25) is 14.9 Å². The number of nitrogens with zero attached hydrogens (tertiary/aromatic N) is 1. The Morgan fingerprint density at radius 3 is 2.32 bits per heavy atom. The maximum absolute atomic E-state index is 12.9. The molecule has 0 bridgehead atoms. The van der Waals surface area contributed by atoms with E-state index in [0.29, 0.717) is 58.3 Å². The number of nitro benzene ring substituents is 1. The van der Waals surface area contributed by atoms with E-state index in [1.807, 2.05) is 20.8 Å². The van der Waals surface area contributed by atoms with Gasteiger partial charge < -0.3 is 9.47 Å². The predicted octanol–water partition coefficient (Wildman–Crippen LogP) is 9.17. The third-order valence-corrected chi connectivity index (χ3v) is 13.1. The first-order chi connectivity index (χ1) is 20.6. The Bertz CT molecular complexity index is 1220. The topological polar surface area (TPSA) is 95.7 Å². The van der Waals surface area contributed by atoms with Gasteiger partial charge in [0.1, 0.15) is 11.7 Å². The van der Waals surface area contributed by atoms with Crippen LogP contribution in [0.1, 0.15) is 129 Å². The number of carbonyl (C=O) groups excluding carboxylic acids is 2. The molecule has 0 heterocycles. The molecule has 9 unspecified atom stereocenters. The van der Waals surface area contributed by atoms with Crippen LogP contribution in [-0.2, 0) is 14.3 Å². The summed E-state index contributed by atoms with van der Waals surface area (Å²) >= 11 is 0. The first-order valence-corrected chi connectivity index (χ1v) is 17.3. The van der Waals surface area contributed by atoms with E-state index in [9.17, 15) is 19.7 Å². The molecule has 244 valence electrons. The molecule has 44 heavy (non-hydrogen) atoms. The lowest BCUT2D eigenvalue weighted by atomic mass is 9.47. The molecule has 4 aliphatic rings. The van der Waals surface area contributed by atoms with E-state index in [1.54, 1.807) is 0 Å². The Labute approximate surface area is 264 Å². The molecule has 4 fully saturated rings. The summed E-state index contributed by atoms with van der Waals surface area (Å²) in [5.41, 5.74) is 0.522. The molecule has 7 nitrogen and oxygen atoms in total. The summed E-state index contributed by atoms with van der Waals surface area (Å²) in [5.74, 6) is 4.07. The second kappa shape index (κ2) is 12.4. The van der Waals surface area contributed by atoms with Crippen LogP contribution in [0.3, 0.4) is 0 Å². The Morgan fingerprint density at radius 1 is 0.977 bits per heavy atom. The standard InChI is InChI=1S/C37H55NO6/c1-23(8-17-33(39)44-35(3,4)5)31-19-21-37(7)32-16-11-26-22-28(43-34(40)25-9-12-27(13-10-25)38(41)42)14-15-29(26)24(2)30(32)18-20-36(31,37)6/h9-10,12-13,23-24,26,28-32H,8,11,14-22H2,1-7H3/t23-,24?,26?,28?,29?,30?,31?,32?,36?,37?/m1/s1. The summed E-state index contributed by atoms with van der Waals surface area (Å²) in [6.07, 6.45) is 11.8. The zero-order valence-electron chi connectivity index (χ0n) is 28.1. The second-order valence-electron chi connectivity index (χ2n) is 16.4. The molecule has 0 aliphatic heterocycles. The van der Waals surface area contributed by atoms with Crippen LogP contribution in [-0.4, -0.2) is 28.6 Å². The zero-order chi connectivity index (χ0) is 32.0. The number of nitro groups is 1. The van der Waals surface area contributed by atoms with Crippen molar-refractivity contribution in [2.24, 2.45) is 52.3 Å². The van der Waals surface area contributed by atoms with E-state index in [2.05, 4.69) is 27.7 Å². The van der Waals surface area contributed by atoms with Crippen LogP contribution in [0.4, 0.5) is 5.69 Å². The highest BCUT2D eigenvalue weighted by atomic mass is 16.6. The molecular formula is C37H55NO6. The van der Waals surface area contributed by atoms with E-state index in [4.69, 9.17) is 9.47 Å². The van der Waals surface area contributed by atoms with Crippen LogP contribution in [0.25, 0.3) is 0 Å². The van der Waals surface area contributed by atoms with Crippen LogP contribution in [0.5, 0.6) is 0 Å². The molecule has 0 radical (unpaired) electrons. The Hall–Kier alpha value is -2.44. The first-order valence-electron chi connectivity index (χ1n) is 17.3. The van der Waals surface area contributed by atoms with E-state index < -0.39 is 10.5 Å². The average Bonchev–Trinajstić information content (AvgIpc) is 3.15. The quantitative estimate of drug-likeness (QED) is 0.174. The summed E-state index contributed by atoms with van der Waals surface area (Å²) in [4.78, 5) is 35.9. The monoisotopic (exact) mass is 609 g/mol. The highest BCUT2D eigenvalue weighted by molar-refractivity contribution is 5.89. The lowest BCUT2D eigenvalue weighted by molar-refractivity contribution is -0.384. The third-order valence-electron chi connectivity index (χ3n) is 13.1. The fourth-order valence-electron chi connectivity index (χ4n) is 10.7. The van der Waals surface area contributed by atoms with E-state index in [0.717, 1.165) is 31.6 Å². The highest BCUT2D eigenvalue weighted by Crippen LogP contribution is 2.71. The van der Waals surface area contributed by atoms with Gasteiger partial charge in [-0.05, 0) is 149 Å². The predicted molar refractivity (Wildman–Crippen MR) is 171 cm³/mol. The minimum absolute atomic E-state index is 0.0235. The van der Waals surface area contributed by atoms with Crippen molar-refractivity contribution in [1.82, 2.24) is 0 Å². The smallest absolute Gasteiger partial charge is 0.338 e. The molecule has 0 amide bonds. The number of ether oxygens (including phenoxy) is 2.